The molecule has 1 fully saturated rings. The highest BCUT2D eigenvalue weighted by Gasteiger charge is 2.33. The second-order valence-corrected chi connectivity index (χ2v) is 4.65. The Bertz CT molecular complexity index is 625. The Hall–Kier alpha value is -2.73. The molecule has 1 aromatic rings. The third-order valence-corrected chi connectivity index (χ3v) is 3.34. The number of amides is 1. The normalized spacial score (nSPS) is 17.5. The Morgan fingerprint density at radius 1 is 1.62 bits per heavy atom. The molecule has 21 heavy (non-hydrogen) atoms. The number of carboxylic acids is 1. The smallest absolute Gasteiger partial charge is 0.341 e. The second kappa shape index (κ2) is 6.15. The van der Waals surface area contributed by atoms with Crippen LogP contribution in [0.15, 0.2) is 23.3 Å². The third kappa shape index (κ3) is 2.90. The van der Waals surface area contributed by atoms with Crippen LogP contribution in [-0.2, 0) is 4.79 Å². The zero-order valence-corrected chi connectivity index (χ0v) is 11.4. The van der Waals surface area contributed by atoms with Crippen molar-refractivity contribution in [1.29, 1.82) is 0 Å². The lowest BCUT2D eigenvalue weighted by atomic mass is 10.1. The number of carbonyl (C=O) groups is 2. The fourth-order valence-electron chi connectivity index (χ4n) is 2.42. The van der Waals surface area contributed by atoms with Crippen molar-refractivity contribution >= 4 is 17.6 Å². The molecule has 1 unspecified atom stereocenters. The molecule has 8 nitrogen and oxygen atoms in total. The van der Waals surface area contributed by atoms with Crippen LogP contribution in [0.4, 0.5) is 5.69 Å². The number of nitrogens with zero attached hydrogens (tertiary/aromatic N) is 4. The van der Waals surface area contributed by atoms with E-state index in [0.717, 1.165) is 0 Å². The molecule has 1 saturated heterocycles. The largest absolute Gasteiger partial charge is 0.496 e. The third-order valence-electron chi connectivity index (χ3n) is 3.34. The molecule has 1 amide bonds. The number of methoxy groups -OCH3 is 1. The number of anilines is 1. The van der Waals surface area contributed by atoms with Crippen LogP contribution in [0.3, 0.4) is 0 Å². The van der Waals surface area contributed by atoms with Crippen molar-refractivity contribution < 1.29 is 19.4 Å². The van der Waals surface area contributed by atoms with Gasteiger partial charge in [-0.3, -0.25) is 4.79 Å². The minimum absolute atomic E-state index is 0.0437. The number of benzene rings is 1. The highest BCUT2D eigenvalue weighted by molar-refractivity contribution is 6.04. The fraction of sp³-hybridized carbons (Fsp3) is 0.385. The van der Waals surface area contributed by atoms with Crippen molar-refractivity contribution in [2.24, 2.45) is 11.0 Å². The van der Waals surface area contributed by atoms with E-state index < -0.39 is 5.97 Å². The van der Waals surface area contributed by atoms with Crippen molar-refractivity contribution in [2.45, 2.75) is 6.42 Å². The van der Waals surface area contributed by atoms with Gasteiger partial charge < -0.3 is 14.7 Å². The average molecular weight is 290 g/mol. The topological polar surface area (TPSA) is 116 Å². The van der Waals surface area contributed by atoms with Gasteiger partial charge in [-0.05, 0) is 23.6 Å². The predicted octanol–water partition coefficient (Wildman–Crippen LogP) is 2.06. The van der Waals surface area contributed by atoms with Gasteiger partial charge >= 0.3 is 5.97 Å². The Morgan fingerprint density at radius 3 is 3.00 bits per heavy atom. The molecule has 110 valence electrons. The summed E-state index contributed by atoms with van der Waals surface area (Å²) in [6.07, 6.45) is 0.231. The van der Waals surface area contributed by atoms with Gasteiger partial charge in [0.05, 0.1) is 12.8 Å². The lowest BCUT2D eigenvalue weighted by Crippen LogP contribution is -2.27. The minimum Gasteiger partial charge on any atom is -0.496 e. The average Bonchev–Trinajstić information content (AvgIpc) is 2.84. The highest BCUT2D eigenvalue weighted by Crippen LogP contribution is 2.33. The number of rotatable bonds is 5. The number of carbonyl (C=O) groups excluding carboxylic acids is 1. The van der Waals surface area contributed by atoms with E-state index in [4.69, 9.17) is 10.3 Å². The van der Waals surface area contributed by atoms with Crippen molar-refractivity contribution in [3.63, 3.8) is 0 Å². The number of hydrogen-bond acceptors (Lipinski definition) is 4. The standard InChI is InChI=1S/C13H14N4O4/c1-21-10-4-2-3-9(12(10)13(19)20)17-7-8(5-11(17)18)6-15-16-14/h2-4,8H,5-7H2,1H3,(H,19,20). The van der Waals surface area contributed by atoms with E-state index >= 15 is 0 Å². The highest BCUT2D eigenvalue weighted by atomic mass is 16.5. The van der Waals surface area contributed by atoms with Crippen molar-refractivity contribution in [3.8, 4) is 5.75 Å². The Kier molecular flexibility index (Phi) is 4.30. The lowest BCUT2D eigenvalue weighted by Gasteiger charge is -2.20. The van der Waals surface area contributed by atoms with Crippen LogP contribution < -0.4 is 9.64 Å². The van der Waals surface area contributed by atoms with Crippen LogP contribution in [0.1, 0.15) is 16.8 Å². The van der Waals surface area contributed by atoms with Crippen molar-refractivity contribution in [2.75, 3.05) is 25.1 Å². The molecule has 0 spiro atoms. The molecular weight excluding hydrogens is 276 g/mol. The van der Waals surface area contributed by atoms with Crippen LogP contribution in [0, 0.1) is 5.92 Å². The first-order chi connectivity index (χ1) is 10.1. The van der Waals surface area contributed by atoms with Gasteiger partial charge in [-0.2, -0.15) is 0 Å². The lowest BCUT2D eigenvalue weighted by molar-refractivity contribution is -0.117. The zero-order valence-electron chi connectivity index (χ0n) is 11.4. The van der Waals surface area contributed by atoms with Gasteiger partial charge in [0.1, 0.15) is 11.3 Å². The van der Waals surface area contributed by atoms with Crippen LogP contribution in [-0.4, -0.2) is 37.2 Å². The van der Waals surface area contributed by atoms with Gasteiger partial charge in [0, 0.05) is 24.4 Å². The van der Waals surface area contributed by atoms with Gasteiger partial charge in [-0.1, -0.05) is 11.2 Å². The van der Waals surface area contributed by atoms with E-state index in [1.54, 1.807) is 12.1 Å². The first kappa shape index (κ1) is 14.7. The quantitative estimate of drug-likeness (QED) is 0.507. The molecule has 0 radical (unpaired) electrons. The molecule has 0 aliphatic carbocycles. The SMILES string of the molecule is COc1cccc(N2CC(CN=[N+]=[N-])CC2=O)c1C(=O)O. The zero-order chi connectivity index (χ0) is 15.4. The molecule has 1 aliphatic rings. The van der Waals surface area contributed by atoms with E-state index in [-0.39, 0.29) is 36.1 Å². The fourth-order valence-corrected chi connectivity index (χ4v) is 2.42. The van der Waals surface area contributed by atoms with Gasteiger partial charge in [0.2, 0.25) is 5.91 Å². The molecule has 0 saturated carbocycles. The monoisotopic (exact) mass is 290 g/mol. The summed E-state index contributed by atoms with van der Waals surface area (Å²) >= 11 is 0. The first-order valence-corrected chi connectivity index (χ1v) is 6.30. The molecule has 1 heterocycles. The summed E-state index contributed by atoms with van der Waals surface area (Å²) < 4.78 is 5.05. The van der Waals surface area contributed by atoms with Crippen molar-refractivity contribution in [3.05, 3.63) is 34.2 Å². The Morgan fingerprint density at radius 2 is 2.38 bits per heavy atom. The van der Waals surface area contributed by atoms with Crippen LogP contribution in [0.2, 0.25) is 0 Å². The van der Waals surface area contributed by atoms with E-state index in [1.165, 1.54) is 18.1 Å². The van der Waals surface area contributed by atoms with Crippen LogP contribution in [0.25, 0.3) is 10.4 Å². The van der Waals surface area contributed by atoms with Gasteiger partial charge in [0.25, 0.3) is 0 Å². The molecule has 1 N–H and O–H groups in total. The number of carboxylic acid groups (broad SMARTS) is 1. The molecule has 1 atom stereocenters. The molecule has 0 aromatic heterocycles. The summed E-state index contributed by atoms with van der Waals surface area (Å²) in [6.45, 7) is 0.538. The van der Waals surface area contributed by atoms with Crippen LogP contribution >= 0.6 is 0 Å². The summed E-state index contributed by atoms with van der Waals surface area (Å²) in [5.41, 5.74) is 8.58. The number of hydrogen-bond donors (Lipinski definition) is 1. The van der Waals surface area contributed by atoms with Gasteiger partial charge in [-0.25, -0.2) is 4.79 Å². The molecule has 1 aromatic carbocycles. The number of azide groups is 1. The van der Waals surface area contributed by atoms with Crippen LogP contribution in [0.5, 0.6) is 5.75 Å². The number of aromatic carboxylic acids is 1. The summed E-state index contributed by atoms with van der Waals surface area (Å²) in [7, 11) is 1.38. The summed E-state index contributed by atoms with van der Waals surface area (Å²) in [5, 5.41) is 12.8. The molecule has 0 bridgehead atoms. The maximum atomic E-state index is 12.1. The van der Waals surface area contributed by atoms with Gasteiger partial charge in [0.15, 0.2) is 0 Å². The molecular formula is C13H14N4O4. The van der Waals surface area contributed by atoms with E-state index in [2.05, 4.69) is 10.0 Å². The maximum Gasteiger partial charge on any atom is 0.341 e. The summed E-state index contributed by atoms with van der Waals surface area (Å²) in [5.74, 6) is -1.26. The Labute approximate surface area is 120 Å². The predicted molar refractivity (Wildman–Crippen MR) is 74.4 cm³/mol. The van der Waals surface area contributed by atoms with E-state index in [1.807, 2.05) is 0 Å². The van der Waals surface area contributed by atoms with E-state index in [0.29, 0.717) is 12.2 Å². The van der Waals surface area contributed by atoms with Gasteiger partial charge in [-0.15, -0.1) is 0 Å². The first-order valence-electron chi connectivity index (χ1n) is 6.30. The summed E-state index contributed by atoms with van der Waals surface area (Å²) in [6, 6.07) is 4.74. The Balaban J connectivity index is 2.36. The summed E-state index contributed by atoms with van der Waals surface area (Å²) in [4.78, 5) is 27.6. The molecule has 8 heteroatoms. The number of ether oxygens (including phenoxy) is 1. The van der Waals surface area contributed by atoms with E-state index in [9.17, 15) is 14.7 Å². The second-order valence-electron chi connectivity index (χ2n) is 4.65. The molecule has 1 aliphatic heterocycles. The molecule has 2 rings (SSSR count). The maximum absolute atomic E-state index is 12.1. The minimum atomic E-state index is -1.16. The van der Waals surface area contributed by atoms with Crippen molar-refractivity contribution in [1.82, 2.24) is 0 Å².